The SMILES string of the molecule is O=C(Nc1n[nH]c(-c2ccco2)n1)C1C2CCC(O2)C1C(F)(F)F. The number of nitrogens with one attached hydrogen (secondary N) is 2. The van der Waals surface area contributed by atoms with Crippen LogP contribution in [0, 0.1) is 11.8 Å². The summed E-state index contributed by atoms with van der Waals surface area (Å²) < 4.78 is 50.2. The van der Waals surface area contributed by atoms with Gasteiger partial charge in [-0.15, -0.1) is 5.10 Å². The van der Waals surface area contributed by atoms with Crippen molar-refractivity contribution in [2.75, 3.05) is 5.32 Å². The number of carbonyl (C=O) groups excluding carboxylic acids is 1. The van der Waals surface area contributed by atoms with Crippen LogP contribution >= 0.6 is 0 Å². The van der Waals surface area contributed by atoms with Crippen LogP contribution in [0.25, 0.3) is 11.6 Å². The van der Waals surface area contributed by atoms with Gasteiger partial charge < -0.3 is 9.15 Å². The molecule has 2 aliphatic heterocycles. The molecule has 0 spiro atoms. The summed E-state index contributed by atoms with van der Waals surface area (Å²) in [6, 6.07) is 3.28. The summed E-state index contributed by atoms with van der Waals surface area (Å²) in [6.45, 7) is 0. The number of amides is 1. The number of ether oxygens (including phenoxy) is 1. The number of hydrogen-bond acceptors (Lipinski definition) is 5. The molecule has 4 atom stereocenters. The predicted molar refractivity (Wildman–Crippen MR) is 73.6 cm³/mol. The molecule has 2 aromatic heterocycles. The Balaban J connectivity index is 1.52. The number of rotatable bonds is 3. The number of aromatic amines is 1. The van der Waals surface area contributed by atoms with Crippen LogP contribution in [0.5, 0.6) is 0 Å². The van der Waals surface area contributed by atoms with Gasteiger partial charge in [-0.3, -0.25) is 15.2 Å². The third kappa shape index (κ3) is 2.46. The third-order valence-corrected chi connectivity index (χ3v) is 4.43. The standard InChI is InChI=1S/C14H13F3N4O3/c15-14(16,17)10-7-4-3-6(24-7)9(10)12(22)19-13-18-11(20-21-13)8-2-1-5-23-8/h1-2,5-7,9-10H,3-4H2,(H2,18,19,20,21,22). The third-order valence-electron chi connectivity index (χ3n) is 4.43. The van der Waals surface area contributed by atoms with Crippen LogP contribution in [0.2, 0.25) is 0 Å². The first-order valence-corrected chi connectivity index (χ1v) is 7.43. The number of hydrogen-bond donors (Lipinski definition) is 2. The number of carbonyl (C=O) groups is 1. The van der Waals surface area contributed by atoms with Gasteiger partial charge in [-0.05, 0) is 25.0 Å². The van der Waals surface area contributed by atoms with Gasteiger partial charge in [0.15, 0.2) is 11.6 Å². The summed E-state index contributed by atoms with van der Waals surface area (Å²) in [4.78, 5) is 16.3. The zero-order valence-corrected chi connectivity index (χ0v) is 12.2. The molecule has 4 rings (SSSR count). The molecule has 2 bridgehead atoms. The maximum absolute atomic E-state index is 13.2. The number of nitrogens with zero attached hydrogens (tertiary/aromatic N) is 2. The first-order valence-electron chi connectivity index (χ1n) is 7.43. The van der Waals surface area contributed by atoms with Gasteiger partial charge in [0.2, 0.25) is 11.9 Å². The average Bonchev–Trinajstić information content (AvgIpc) is 3.28. The van der Waals surface area contributed by atoms with E-state index in [9.17, 15) is 18.0 Å². The molecule has 2 saturated heterocycles. The van der Waals surface area contributed by atoms with E-state index in [1.54, 1.807) is 12.1 Å². The van der Waals surface area contributed by atoms with Crippen molar-refractivity contribution in [1.82, 2.24) is 15.2 Å². The van der Waals surface area contributed by atoms with Crippen molar-refractivity contribution in [1.29, 1.82) is 0 Å². The van der Waals surface area contributed by atoms with Crippen LogP contribution in [-0.2, 0) is 9.53 Å². The minimum absolute atomic E-state index is 0.102. The average molecular weight is 342 g/mol. The molecule has 1 amide bonds. The van der Waals surface area contributed by atoms with Gasteiger partial charge >= 0.3 is 6.18 Å². The lowest BCUT2D eigenvalue weighted by molar-refractivity contribution is -0.196. The summed E-state index contributed by atoms with van der Waals surface area (Å²) in [5.74, 6) is -3.29. The number of anilines is 1. The molecule has 128 valence electrons. The lowest BCUT2D eigenvalue weighted by Gasteiger charge is -2.28. The Morgan fingerprint density at radius 3 is 2.83 bits per heavy atom. The van der Waals surface area contributed by atoms with E-state index >= 15 is 0 Å². The monoisotopic (exact) mass is 342 g/mol. The van der Waals surface area contributed by atoms with Gasteiger partial charge in [0.05, 0.1) is 30.3 Å². The fourth-order valence-corrected chi connectivity index (χ4v) is 3.46. The number of aromatic nitrogens is 3. The highest BCUT2D eigenvalue weighted by Crippen LogP contribution is 2.50. The van der Waals surface area contributed by atoms with Gasteiger partial charge in [-0.1, -0.05) is 0 Å². The Bertz CT molecular complexity index is 743. The van der Waals surface area contributed by atoms with E-state index in [2.05, 4.69) is 20.5 Å². The van der Waals surface area contributed by atoms with Gasteiger partial charge in [0.25, 0.3) is 0 Å². The van der Waals surface area contributed by atoms with Crippen molar-refractivity contribution in [3.63, 3.8) is 0 Å². The first-order chi connectivity index (χ1) is 11.4. The van der Waals surface area contributed by atoms with E-state index in [4.69, 9.17) is 9.15 Å². The highest BCUT2D eigenvalue weighted by molar-refractivity contribution is 5.92. The topological polar surface area (TPSA) is 93.0 Å². The Labute approximate surface area is 133 Å². The molecule has 2 aliphatic rings. The molecule has 2 aromatic rings. The minimum atomic E-state index is -4.49. The second-order valence-electron chi connectivity index (χ2n) is 5.86. The smallest absolute Gasteiger partial charge is 0.395 e. The molecular formula is C14H13F3N4O3. The zero-order chi connectivity index (χ0) is 16.9. The van der Waals surface area contributed by atoms with Crippen LogP contribution in [0.3, 0.4) is 0 Å². The number of halogens is 3. The molecule has 0 radical (unpaired) electrons. The lowest BCUT2D eigenvalue weighted by atomic mass is 9.78. The van der Waals surface area contributed by atoms with E-state index in [-0.39, 0.29) is 11.8 Å². The van der Waals surface area contributed by atoms with Crippen LogP contribution < -0.4 is 5.32 Å². The van der Waals surface area contributed by atoms with E-state index in [0.717, 1.165) is 0 Å². The molecule has 2 N–H and O–H groups in total. The molecule has 10 heteroatoms. The molecule has 4 heterocycles. The quantitative estimate of drug-likeness (QED) is 0.893. The minimum Gasteiger partial charge on any atom is -0.461 e. The molecule has 2 fully saturated rings. The zero-order valence-electron chi connectivity index (χ0n) is 12.2. The lowest BCUT2D eigenvalue weighted by Crippen LogP contribution is -2.44. The van der Waals surface area contributed by atoms with Crippen molar-refractivity contribution in [2.24, 2.45) is 11.8 Å². The van der Waals surface area contributed by atoms with E-state index in [0.29, 0.717) is 18.6 Å². The summed E-state index contributed by atoms with van der Waals surface area (Å²) in [5.41, 5.74) is 0. The van der Waals surface area contributed by atoms with Crippen LogP contribution in [0.4, 0.5) is 19.1 Å². The highest BCUT2D eigenvalue weighted by Gasteiger charge is 2.62. The van der Waals surface area contributed by atoms with Crippen LogP contribution in [0.15, 0.2) is 22.8 Å². The Hall–Kier alpha value is -2.36. The van der Waals surface area contributed by atoms with Crippen LogP contribution in [0.1, 0.15) is 12.8 Å². The Morgan fingerprint density at radius 1 is 1.33 bits per heavy atom. The van der Waals surface area contributed by atoms with Gasteiger partial charge in [0, 0.05) is 0 Å². The fraction of sp³-hybridized carbons (Fsp3) is 0.500. The molecule has 0 aromatic carbocycles. The summed E-state index contributed by atoms with van der Waals surface area (Å²) in [5, 5.41) is 8.68. The van der Waals surface area contributed by atoms with Crippen molar-refractivity contribution < 1.29 is 27.1 Å². The first kappa shape index (κ1) is 15.2. The summed E-state index contributed by atoms with van der Waals surface area (Å²) in [6.07, 6.45) is -3.94. The van der Waals surface area contributed by atoms with E-state index < -0.39 is 36.1 Å². The van der Waals surface area contributed by atoms with Crippen molar-refractivity contribution in [2.45, 2.75) is 31.2 Å². The number of H-pyrrole nitrogens is 1. The van der Waals surface area contributed by atoms with Gasteiger partial charge in [0.1, 0.15) is 0 Å². The highest BCUT2D eigenvalue weighted by atomic mass is 19.4. The maximum Gasteiger partial charge on any atom is 0.395 e. The van der Waals surface area contributed by atoms with E-state index in [1.165, 1.54) is 6.26 Å². The van der Waals surface area contributed by atoms with Crippen molar-refractivity contribution in [3.05, 3.63) is 18.4 Å². The fourth-order valence-electron chi connectivity index (χ4n) is 3.46. The predicted octanol–water partition coefficient (Wildman–Crippen LogP) is 2.36. The second kappa shape index (κ2) is 5.33. The Kier molecular flexibility index (Phi) is 3.37. The summed E-state index contributed by atoms with van der Waals surface area (Å²) in [7, 11) is 0. The number of furan rings is 1. The molecule has 4 unspecified atom stereocenters. The largest absolute Gasteiger partial charge is 0.461 e. The molecular weight excluding hydrogens is 329 g/mol. The van der Waals surface area contributed by atoms with Gasteiger partial charge in [-0.2, -0.15) is 18.2 Å². The number of fused-ring (bicyclic) bond motifs is 2. The van der Waals surface area contributed by atoms with Crippen molar-refractivity contribution >= 4 is 11.9 Å². The molecule has 7 nitrogen and oxygen atoms in total. The molecule has 0 aliphatic carbocycles. The normalized spacial score (nSPS) is 29.1. The van der Waals surface area contributed by atoms with Crippen LogP contribution in [-0.4, -0.2) is 39.5 Å². The molecule has 24 heavy (non-hydrogen) atoms. The Morgan fingerprint density at radius 2 is 2.12 bits per heavy atom. The summed E-state index contributed by atoms with van der Waals surface area (Å²) >= 11 is 0. The maximum atomic E-state index is 13.2. The van der Waals surface area contributed by atoms with Crippen molar-refractivity contribution in [3.8, 4) is 11.6 Å². The molecule has 0 saturated carbocycles. The van der Waals surface area contributed by atoms with E-state index in [1.807, 2.05) is 0 Å². The number of alkyl halides is 3. The van der Waals surface area contributed by atoms with Gasteiger partial charge in [-0.25, -0.2) is 0 Å². The second-order valence-corrected chi connectivity index (χ2v) is 5.86.